The summed E-state index contributed by atoms with van der Waals surface area (Å²) in [4.78, 5) is 0. The van der Waals surface area contributed by atoms with E-state index in [0.717, 1.165) is 0 Å². The van der Waals surface area contributed by atoms with Gasteiger partial charge in [-0.3, -0.25) is 0 Å². The lowest BCUT2D eigenvalue weighted by Gasteiger charge is -2.38. The summed E-state index contributed by atoms with van der Waals surface area (Å²) in [6, 6.07) is 0. The largest absolute Gasteiger partial charge is 0.313 e. The molecule has 0 aliphatic heterocycles. The monoisotopic (exact) mass is 192 g/mol. The molecule has 2 aliphatic carbocycles. The van der Waals surface area contributed by atoms with Crippen molar-refractivity contribution in [2.24, 2.45) is 28.6 Å². The second-order valence-electron chi connectivity index (χ2n) is 5.72. The molecule has 2 heteroatoms. The Hall–Kier alpha value is -0.660. The first-order valence-electron chi connectivity index (χ1n) is 5.50. The Bertz CT molecular complexity index is 282. The molecule has 0 amide bonds. The summed E-state index contributed by atoms with van der Waals surface area (Å²) in [5.41, 5.74) is 0.555. The fourth-order valence-electron chi connectivity index (χ4n) is 4.02. The van der Waals surface area contributed by atoms with Crippen molar-refractivity contribution in [3.63, 3.8) is 0 Å². The van der Waals surface area contributed by atoms with Crippen LogP contribution in [0.3, 0.4) is 0 Å². The van der Waals surface area contributed by atoms with Crippen LogP contribution in [-0.4, -0.2) is 12.4 Å². The average molecular weight is 192 g/mol. The van der Waals surface area contributed by atoms with Gasteiger partial charge in [-0.1, -0.05) is 20.8 Å². The van der Waals surface area contributed by atoms with Gasteiger partial charge in [0.25, 0.3) is 0 Å². The first-order chi connectivity index (χ1) is 6.49. The van der Waals surface area contributed by atoms with Gasteiger partial charge in [0.05, 0.1) is 0 Å². The summed E-state index contributed by atoms with van der Waals surface area (Å²) in [6.45, 7) is 6.96. The number of rotatable bonds is 2. The molecule has 0 spiro atoms. The lowest BCUT2D eigenvalue weighted by Crippen LogP contribution is -2.34. The summed E-state index contributed by atoms with van der Waals surface area (Å²) in [6.07, 6.45) is 5.66. The van der Waals surface area contributed by atoms with Gasteiger partial charge in [0.15, 0.2) is 0 Å². The van der Waals surface area contributed by atoms with Crippen molar-refractivity contribution in [1.29, 1.82) is 10.8 Å². The number of fused-ring (bicyclic) bond motifs is 2. The van der Waals surface area contributed by atoms with Crippen molar-refractivity contribution in [1.82, 2.24) is 0 Å². The van der Waals surface area contributed by atoms with E-state index in [4.69, 9.17) is 10.8 Å². The van der Waals surface area contributed by atoms with Crippen LogP contribution in [-0.2, 0) is 0 Å². The van der Waals surface area contributed by atoms with Crippen molar-refractivity contribution in [2.45, 2.75) is 33.6 Å². The molecule has 0 aromatic rings. The zero-order valence-corrected chi connectivity index (χ0v) is 9.30. The molecule has 0 radical (unpaired) electrons. The molecule has 4 unspecified atom stereocenters. The summed E-state index contributed by atoms with van der Waals surface area (Å²) >= 11 is 0. The van der Waals surface area contributed by atoms with Gasteiger partial charge in [-0.25, -0.2) is 0 Å². The SMILES string of the molecule is CC1(C)C2CCC1(C)C(C=N)C2C=N. The quantitative estimate of drug-likeness (QED) is 0.632. The van der Waals surface area contributed by atoms with Crippen LogP contribution in [0.4, 0.5) is 0 Å². The Morgan fingerprint density at radius 1 is 1.14 bits per heavy atom. The third-order valence-electron chi connectivity index (χ3n) is 5.36. The van der Waals surface area contributed by atoms with Gasteiger partial charge >= 0.3 is 0 Å². The number of nitrogens with one attached hydrogen (secondary N) is 2. The zero-order valence-electron chi connectivity index (χ0n) is 9.30. The van der Waals surface area contributed by atoms with Gasteiger partial charge in [-0.2, -0.15) is 0 Å². The van der Waals surface area contributed by atoms with E-state index in [-0.39, 0.29) is 5.41 Å². The van der Waals surface area contributed by atoms with Crippen molar-refractivity contribution in [3.8, 4) is 0 Å². The lowest BCUT2D eigenvalue weighted by atomic mass is 9.66. The van der Waals surface area contributed by atoms with Crippen LogP contribution in [0, 0.1) is 39.4 Å². The summed E-state index contributed by atoms with van der Waals surface area (Å²) in [5.74, 6) is 1.24. The highest BCUT2D eigenvalue weighted by atomic mass is 14.7. The standard InChI is InChI=1S/C12H20N2/c1-11(2)9-4-5-12(11,3)10(7-14)8(9)6-13/h6-10,13-14H,4-5H2,1-3H3. The van der Waals surface area contributed by atoms with Crippen molar-refractivity contribution in [3.05, 3.63) is 0 Å². The summed E-state index contributed by atoms with van der Waals surface area (Å²) in [7, 11) is 0. The molecule has 2 rings (SSSR count). The predicted molar refractivity (Wildman–Crippen MR) is 59.2 cm³/mol. The van der Waals surface area contributed by atoms with Crippen LogP contribution in [0.5, 0.6) is 0 Å². The molecular weight excluding hydrogens is 172 g/mol. The van der Waals surface area contributed by atoms with E-state index in [1.54, 1.807) is 12.4 Å². The van der Waals surface area contributed by atoms with Crippen LogP contribution in [0.25, 0.3) is 0 Å². The second kappa shape index (κ2) is 2.68. The van der Waals surface area contributed by atoms with Crippen molar-refractivity contribution in [2.75, 3.05) is 0 Å². The Labute approximate surface area is 86.1 Å². The van der Waals surface area contributed by atoms with Gasteiger partial charge in [0, 0.05) is 11.8 Å². The minimum atomic E-state index is 0.252. The highest BCUT2D eigenvalue weighted by molar-refractivity contribution is 5.71. The van der Waals surface area contributed by atoms with E-state index in [2.05, 4.69) is 20.8 Å². The molecular formula is C12H20N2. The van der Waals surface area contributed by atoms with E-state index >= 15 is 0 Å². The topological polar surface area (TPSA) is 47.7 Å². The minimum Gasteiger partial charge on any atom is -0.313 e. The van der Waals surface area contributed by atoms with E-state index < -0.39 is 0 Å². The van der Waals surface area contributed by atoms with E-state index in [1.807, 2.05) is 0 Å². The molecule has 2 fully saturated rings. The maximum absolute atomic E-state index is 7.56. The Morgan fingerprint density at radius 2 is 1.79 bits per heavy atom. The van der Waals surface area contributed by atoms with Gasteiger partial charge in [-0.15, -0.1) is 0 Å². The summed E-state index contributed by atoms with van der Waals surface area (Å²) < 4.78 is 0. The maximum Gasteiger partial charge on any atom is 0.00747 e. The van der Waals surface area contributed by atoms with Crippen LogP contribution in [0.1, 0.15) is 33.6 Å². The normalized spacial score (nSPS) is 49.2. The molecule has 14 heavy (non-hydrogen) atoms. The first-order valence-corrected chi connectivity index (χ1v) is 5.50. The molecule has 0 aromatic heterocycles. The molecule has 0 heterocycles. The molecule has 2 N–H and O–H groups in total. The van der Waals surface area contributed by atoms with E-state index in [1.165, 1.54) is 12.8 Å². The molecule has 2 saturated carbocycles. The Balaban J connectivity index is 2.47. The van der Waals surface area contributed by atoms with E-state index in [0.29, 0.717) is 23.2 Å². The van der Waals surface area contributed by atoms with Crippen LogP contribution >= 0.6 is 0 Å². The van der Waals surface area contributed by atoms with Gasteiger partial charge in [0.2, 0.25) is 0 Å². The molecule has 78 valence electrons. The minimum absolute atomic E-state index is 0.252. The maximum atomic E-state index is 7.56. The predicted octanol–water partition coefficient (Wildman–Crippen LogP) is 2.97. The third-order valence-corrected chi connectivity index (χ3v) is 5.36. The highest BCUT2D eigenvalue weighted by Crippen LogP contribution is 2.69. The van der Waals surface area contributed by atoms with E-state index in [9.17, 15) is 0 Å². The molecule has 2 bridgehead atoms. The summed E-state index contributed by atoms with van der Waals surface area (Å²) in [5, 5.41) is 15.1. The van der Waals surface area contributed by atoms with Gasteiger partial charge < -0.3 is 10.8 Å². The fourth-order valence-corrected chi connectivity index (χ4v) is 4.02. The van der Waals surface area contributed by atoms with Crippen molar-refractivity contribution >= 4 is 12.4 Å². The van der Waals surface area contributed by atoms with Crippen molar-refractivity contribution < 1.29 is 0 Å². The fraction of sp³-hybridized carbons (Fsp3) is 0.833. The second-order valence-corrected chi connectivity index (χ2v) is 5.72. The molecule has 4 atom stereocenters. The van der Waals surface area contributed by atoms with Gasteiger partial charge in [0.1, 0.15) is 0 Å². The third kappa shape index (κ3) is 0.825. The zero-order chi connectivity index (χ0) is 10.6. The van der Waals surface area contributed by atoms with Gasteiger partial charge in [-0.05, 0) is 42.0 Å². The lowest BCUT2D eigenvalue weighted by molar-refractivity contribution is 0.132. The highest BCUT2D eigenvalue weighted by Gasteiger charge is 2.64. The molecule has 2 aliphatic rings. The average Bonchev–Trinajstić information content (AvgIpc) is 2.46. The molecule has 2 nitrogen and oxygen atoms in total. The van der Waals surface area contributed by atoms with Crippen LogP contribution in [0.2, 0.25) is 0 Å². The molecule has 0 saturated heterocycles. The van der Waals surface area contributed by atoms with Crippen LogP contribution in [0.15, 0.2) is 0 Å². The smallest absolute Gasteiger partial charge is 0.00747 e. The first kappa shape index (κ1) is 9.88. The Kier molecular flexibility index (Phi) is 1.89. The number of hydrogen-bond donors (Lipinski definition) is 2. The van der Waals surface area contributed by atoms with Crippen LogP contribution < -0.4 is 0 Å². The molecule has 0 aromatic carbocycles. The Morgan fingerprint density at radius 3 is 2.21 bits per heavy atom. The number of hydrogen-bond acceptors (Lipinski definition) is 2.